The summed E-state index contributed by atoms with van der Waals surface area (Å²) in [5.74, 6) is -0.265. The third kappa shape index (κ3) is 6.63. The smallest absolute Gasteiger partial charge is 0.303 e. The van der Waals surface area contributed by atoms with Gasteiger partial charge in [0.15, 0.2) is 0 Å². The lowest BCUT2D eigenvalue weighted by atomic mass is 9.71. The number of benzene rings is 1. The van der Waals surface area contributed by atoms with Crippen LogP contribution in [-0.2, 0) is 9.59 Å². The van der Waals surface area contributed by atoms with Gasteiger partial charge in [-0.15, -0.1) is 5.10 Å². The second-order valence-electron chi connectivity index (χ2n) is 11.7. The second-order valence-corrected chi connectivity index (χ2v) is 12.1. The van der Waals surface area contributed by atoms with Crippen LogP contribution in [0.5, 0.6) is 0 Å². The Bertz CT molecular complexity index is 1080. The zero-order chi connectivity index (χ0) is 25.3. The quantitative estimate of drug-likeness (QED) is 0.389. The number of halogens is 1. The lowest BCUT2D eigenvalue weighted by Gasteiger charge is -2.39. The maximum atomic E-state index is 13.0. The van der Waals surface area contributed by atoms with Gasteiger partial charge in [0.05, 0.1) is 28.1 Å². The number of nitrogens with one attached hydrogen (secondary N) is 1. The van der Waals surface area contributed by atoms with E-state index >= 15 is 0 Å². The van der Waals surface area contributed by atoms with Crippen LogP contribution in [-0.4, -0.2) is 32.0 Å². The summed E-state index contributed by atoms with van der Waals surface area (Å²) >= 11 is 6.30. The molecule has 2 N–H and O–H groups in total. The van der Waals surface area contributed by atoms with Crippen LogP contribution in [0.15, 0.2) is 18.2 Å². The lowest BCUT2D eigenvalue weighted by molar-refractivity contribution is -0.137. The van der Waals surface area contributed by atoms with Crippen molar-refractivity contribution in [1.82, 2.24) is 15.0 Å². The van der Waals surface area contributed by atoms with Gasteiger partial charge in [-0.2, -0.15) is 0 Å². The van der Waals surface area contributed by atoms with Gasteiger partial charge in [-0.3, -0.25) is 9.59 Å². The summed E-state index contributed by atoms with van der Waals surface area (Å²) in [6.07, 6.45) is 6.07. The van der Waals surface area contributed by atoms with Gasteiger partial charge in [0.25, 0.3) is 0 Å². The third-order valence-corrected chi connectivity index (χ3v) is 7.42. The normalized spacial score (nSPS) is 20.8. The number of hydrogen-bond acceptors (Lipinski definition) is 4. The van der Waals surface area contributed by atoms with E-state index < -0.39 is 5.97 Å². The molecule has 2 aliphatic rings. The molecule has 1 aromatic carbocycles. The predicted octanol–water partition coefficient (Wildman–Crippen LogP) is 6.48. The molecule has 1 atom stereocenters. The second kappa shape index (κ2) is 10.3. The fourth-order valence-corrected chi connectivity index (χ4v) is 5.62. The average molecular weight is 501 g/mol. The molecule has 1 unspecified atom stereocenters. The first-order valence-electron chi connectivity index (χ1n) is 12.7. The Balaban J connectivity index is 1.51. The molecule has 7 nitrogen and oxygen atoms in total. The molecule has 35 heavy (non-hydrogen) atoms. The molecular weight excluding hydrogens is 464 g/mol. The number of carbonyl (C=O) groups is 2. The fraction of sp³-hybridized carbons (Fsp3) is 0.630. The molecule has 0 radical (unpaired) electrons. The number of aryl methyl sites for hydroxylation is 1. The molecule has 1 heterocycles. The molecule has 190 valence electrons. The van der Waals surface area contributed by atoms with Crippen LogP contribution in [0.3, 0.4) is 0 Å². The number of rotatable bonds is 10. The summed E-state index contributed by atoms with van der Waals surface area (Å²) in [7, 11) is 0. The van der Waals surface area contributed by atoms with Crippen molar-refractivity contribution in [3.05, 3.63) is 40.2 Å². The molecule has 8 heteroatoms. The van der Waals surface area contributed by atoms with Crippen molar-refractivity contribution in [2.45, 2.75) is 96.9 Å². The molecule has 2 fully saturated rings. The van der Waals surface area contributed by atoms with Crippen LogP contribution < -0.4 is 5.32 Å². The Labute approximate surface area is 212 Å². The highest BCUT2D eigenvalue weighted by Crippen LogP contribution is 2.49. The summed E-state index contributed by atoms with van der Waals surface area (Å²) < 4.78 is 2.11. The van der Waals surface area contributed by atoms with E-state index in [0.29, 0.717) is 40.4 Å². The molecule has 1 aromatic heterocycles. The minimum atomic E-state index is -0.874. The number of aliphatic carboxylic acids is 1. The van der Waals surface area contributed by atoms with Crippen molar-refractivity contribution in [3.63, 3.8) is 0 Å². The van der Waals surface area contributed by atoms with E-state index in [9.17, 15) is 14.7 Å². The molecule has 0 spiro atoms. The van der Waals surface area contributed by atoms with Crippen molar-refractivity contribution < 1.29 is 14.7 Å². The van der Waals surface area contributed by atoms with Gasteiger partial charge >= 0.3 is 5.97 Å². The van der Waals surface area contributed by atoms with Crippen molar-refractivity contribution >= 4 is 29.2 Å². The number of aromatic nitrogens is 3. The number of anilines is 1. The Hall–Kier alpha value is -2.41. The highest BCUT2D eigenvalue weighted by Gasteiger charge is 2.40. The fourth-order valence-electron chi connectivity index (χ4n) is 5.34. The Morgan fingerprint density at radius 1 is 1.26 bits per heavy atom. The summed E-state index contributed by atoms with van der Waals surface area (Å²) in [6, 6.07) is 5.84. The predicted molar refractivity (Wildman–Crippen MR) is 137 cm³/mol. The van der Waals surface area contributed by atoms with Gasteiger partial charge in [0.1, 0.15) is 0 Å². The van der Waals surface area contributed by atoms with E-state index in [1.54, 1.807) is 12.1 Å². The van der Waals surface area contributed by atoms with E-state index in [2.05, 4.69) is 41.1 Å². The zero-order valence-corrected chi connectivity index (χ0v) is 21.9. The molecular formula is C27H37ClN4O3. The van der Waals surface area contributed by atoms with Gasteiger partial charge < -0.3 is 10.4 Å². The largest absolute Gasteiger partial charge is 0.481 e. The van der Waals surface area contributed by atoms with Gasteiger partial charge in [-0.05, 0) is 74.5 Å². The molecule has 0 aliphatic heterocycles. The van der Waals surface area contributed by atoms with Gasteiger partial charge in [-0.1, -0.05) is 43.7 Å². The van der Waals surface area contributed by atoms with E-state index in [-0.39, 0.29) is 24.7 Å². The number of carboxylic acids is 1. The van der Waals surface area contributed by atoms with E-state index in [1.165, 1.54) is 6.42 Å². The third-order valence-electron chi connectivity index (χ3n) is 7.10. The summed E-state index contributed by atoms with van der Waals surface area (Å²) in [5, 5.41) is 21.8. The van der Waals surface area contributed by atoms with Crippen molar-refractivity contribution in [1.29, 1.82) is 0 Å². The van der Waals surface area contributed by atoms with Crippen LogP contribution in [0.1, 0.15) is 107 Å². The number of carboxylic acid groups (broad SMARTS) is 1. The number of nitrogens with zero attached hydrogens (tertiary/aromatic N) is 3. The molecule has 2 aromatic rings. The van der Waals surface area contributed by atoms with Gasteiger partial charge in [-0.25, -0.2) is 4.68 Å². The minimum Gasteiger partial charge on any atom is -0.481 e. The molecule has 2 aliphatic carbocycles. The Morgan fingerprint density at radius 3 is 2.57 bits per heavy atom. The molecule has 4 rings (SSSR count). The molecule has 1 amide bonds. The highest BCUT2D eigenvalue weighted by molar-refractivity contribution is 6.33. The summed E-state index contributed by atoms with van der Waals surface area (Å²) in [4.78, 5) is 24.4. The monoisotopic (exact) mass is 500 g/mol. The maximum absolute atomic E-state index is 13.0. The van der Waals surface area contributed by atoms with Crippen LogP contribution >= 0.6 is 11.6 Å². The van der Waals surface area contributed by atoms with E-state index in [4.69, 9.17) is 11.6 Å². The molecule has 0 saturated heterocycles. The first-order chi connectivity index (χ1) is 16.5. The van der Waals surface area contributed by atoms with E-state index in [0.717, 1.165) is 42.6 Å². The minimum absolute atomic E-state index is 0.0166. The van der Waals surface area contributed by atoms with E-state index in [1.807, 2.05) is 13.0 Å². The van der Waals surface area contributed by atoms with Crippen LogP contribution in [0.2, 0.25) is 5.02 Å². The van der Waals surface area contributed by atoms with Crippen molar-refractivity contribution in [3.8, 4) is 0 Å². The first-order valence-corrected chi connectivity index (χ1v) is 13.1. The van der Waals surface area contributed by atoms with Crippen LogP contribution in [0.25, 0.3) is 0 Å². The molecule has 0 bridgehead atoms. The summed E-state index contributed by atoms with van der Waals surface area (Å²) in [6.45, 7) is 8.79. The van der Waals surface area contributed by atoms with Gasteiger partial charge in [0, 0.05) is 24.7 Å². The van der Waals surface area contributed by atoms with Crippen molar-refractivity contribution in [2.75, 3.05) is 5.32 Å². The standard InChI is InChI=1S/C27H37ClN4O3/c1-16-5-9-22(21(28)11-16)29-23(33)14-19(8-10-24(34)35)25-26(18-6-7-18)32(31-30-25)20-12-17(13-20)15-27(2,3)4/h5,9,11,17-20H,6-8,10,12-15H2,1-4H3,(H,29,33)(H,34,35). The zero-order valence-electron chi connectivity index (χ0n) is 21.2. The van der Waals surface area contributed by atoms with Gasteiger partial charge in [0.2, 0.25) is 5.91 Å². The molecule has 2 saturated carbocycles. The average Bonchev–Trinajstić information content (AvgIpc) is 3.47. The first kappa shape index (κ1) is 25.7. The number of amides is 1. The highest BCUT2D eigenvalue weighted by atomic mass is 35.5. The summed E-state index contributed by atoms with van der Waals surface area (Å²) in [5.41, 5.74) is 3.82. The maximum Gasteiger partial charge on any atom is 0.303 e. The van der Waals surface area contributed by atoms with Crippen molar-refractivity contribution in [2.24, 2.45) is 11.3 Å². The van der Waals surface area contributed by atoms with Crippen LogP contribution in [0.4, 0.5) is 5.69 Å². The SMILES string of the molecule is Cc1ccc(NC(=O)CC(CCC(=O)O)c2nnn(C3CC(CC(C)(C)C)C3)c2C2CC2)c(Cl)c1. The Kier molecular flexibility index (Phi) is 7.55. The topological polar surface area (TPSA) is 97.1 Å². The Morgan fingerprint density at radius 2 is 1.97 bits per heavy atom. The lowest BCUT2D eigenvalue weighted by Crippen LogP contribution is -2.31. The number of hydrogen-bond donors (Lipinski definition) is 2. The number of carbonyl (C=O) groups excluding carboxylic acids is 1. The van der Waals surface area contributed by atoms with Crippen LogP contribution in [0, 0.1) is 18.3 Å².